The number of carbonyl (C=O) groups excluding carboxylic acids is 2. The number of rotatable bonds is 10. The maximum atomic E-state index is 13.8. The minimum Gasteiger partial charge on any atom is -0.497 e. The summed E-state index contributed by atoms with van der Waals surface area (Å²) >= 11 is 0. The van der Waals surface area contributed by atoms with Gasteiger partial charge in [0.1, 0.15) is 11.8 Å². The van der Waals surface area contributed by atoms with Crippen LogP contribution in [0.4, 0.5) is 4.39 Å². The lowest BCUT2D eigenvalue weighted by molar-refractivity contribution is -0.143. The topological polar surface area (TPSA) is 67.9 Å². The molecule has 0 heterocycles. The van der Waals surface area contributed by atoms with E-state index in [4.69, 9.17) is 9.47 Å². The first-order valence-electron chi connectivity index (χ1n) is 9.95. The van der Waals surface area contributed by atoms with Crippen molar-refractivity contribution in [1.29, 1.82) is 0 Å². The molecule has 2 aromatic carbocycles. The second kappa shape index (κ2) is 11.2. The first-order chi connectivity index (χ1) is 14.3. The molecule has 0 saturated heterocycles. The Hall–Kier alpha value is -3.09. The van der Waals surface area contributed by atoms with Crippen molar-refractivity contribution in [3.63, 3.8) is 0 Å². The fraction of sp³-hybridized carbons (Fsp3) is 0.391. The molecule has 0 aliphatic heterocycles. The van der Waals surface area contributed by atoms with E-state index in [1.807, 2.05) is 39.0 Å². The molecule has 0 aromatic heterocycles. The number of para-hydroxylation sites is 1. The minimum absolute atomic E-state index is 0.00754. The fourth-order valence-corrected chi connectivity index (χ4v) is 3.05. The van der Waals surface area contributed by atoms with Crippen LogP contribution in [0.25, 0.3) is 0 Å². The maximum Gasteiger partial charge on any atom is 0.261 e. The number of nitrogens with one attached hydrogen (secondary N) is 1. The number of benzene rings is 2. The average molecular weight is 416 g/mol. The average Bonchev–Trinajstić information content (AvgIpc) is 2.72. The summed E-state index contributed by atoms with van der Waals surface area (Å²) in [5, 5.41) is 2.86. The molecule has 6 nitrogen and oxygen atoms in total. The van der Waals surface area contributed by atoms with Gasteiger partial charge in [-0.25, -0.2) is 4.39 Å². The molecule has 0 fully saturated rings. The van der Waals surface area contributed by atoms with E-state index in [0.29, 0.717) is 12.2 Å². The van der Waals surface area contributed by atoms with Crippen molar-refractivity contribution in [2.45, 2.75) is 45.8 Å². The van der Waals surface area contributed by atoms with Gasteiger partial charge in [0.05, 0.1) is 7.11 Å². The number of carbonyl (C=O) groups is 2. The summed E-state index contributed by atoms with van der Waals surface area (Å²) in [6.07, 6.45) is 0.425. The van der Waals surface area contributed by atoms with Gasteiger partial charge in [0.2, 0.25) is 5.91 Å². The molecule has 0 radical (unpaired) electrons. The van der Waals surface area contributed by atoms with Crippen molar-refractivity contribution in [3.05, 3.63) is 59.9 Å². The SMILES string of the molecule is CCC(C(=O)NC(C)C)N(Cc1cccc(OC)c1)C(=O)COc1ccccc1F. The standard InChI is InChI=1S/C23H29FN2O4/c1-5-20(23(28)25-16(2)3)26(14-17-9-8-10-18(13-17)29-4)22(27)15-30-21-12-7-6-11-19(21)24/h6-13,16,20H,5,14-15H2,1-4H3,(H,25,28). The molecule has 2 aromatic rings. The molecule has 30 heavy (non-hydrogen) atoms. The van der Waals surface area contributed by atoms with Crippen LogP contribution in [0.1, 0.15) is 32.8 Å². The van der Waals surface area contributed by atoms with Crippen LogP contribution < -0.4 is 14.8 Å². The van der Waals surface area contributed by atoms with E-state index in [1.165, 1.54) is 17.0 Å². The third-order valence-electron chi connectivity index (χ3n) is 4.49. The third kappa shape index (κ3) is 6.47. The molecule has 2 amide bonds. The van der Waals surface area contributed by atoms with Crippen LogP contribution in [0.2, 0.25) is 0 Å². The van der Waals surface area contributed by atoms with Gasteiger partial charge in [0.25, 0.3) is 5.91 Å². The van der Waals surface area contributed by atoms with Crippen LogP contribution in [0, 0.1) is 5.82 Å². The van der Waals surface area contributed by atoms with Crippen LogP contribution in [0.15, 0.2) is 48.5 Å². The van der Waals surface area contributed by atoms with E-state index >= 15 is 0 Å². The predicted molar refractivity (Wildman–Crippen MR) is 113 cm³/mol. The molecule has 0 aliphatic carbocycles. The summed E-state index contributed by atoms with van der Waals surface area (Å²) in [7, 11) is 1.56. The molecule has 162 valence electrons. The summed E-state index contributed by atoms with van der Waals surface area (Å²) < 4.78 is 24.5. The van der Waals surface area contributed by atoms with E-state index in [1.54, 1.807) is 25.3 Å². The van der Waals surface area contributed by atoms with Crippen molar-refractivity contribution in [1.82, 2.24) is 10.2 Å². The molecule has 7 heteroatoms. The number of amides is 2. The zero-order valence-electron chi connectivity index (χ0n) is 17.9. The number of methoxy groups -OCH3 is 1. The normalized spacial score (nSPS) is 11.7. The number of hydrogen-bond donors (Lipinski definition) is 1. The highest BCUT2D eigenvalue weighted by molar-refractivity contribution is 5.88. The van der Waals surface area contributed by atoms with Crippen molar-refractivity contribution < 1.29 is 23.5 Å². The molecule has 0 saturated carbocycles. The molecule has 2 rings (SSSR count). The monoisotopic (exact) mass is 416 g/mol. The number of nitrogens with zero attached hydrogens (tertiary/aromatic N) is 1. The summed E-state index contributed by atoms with van der Waals surface area (Å²) in [5.74, 6) is -0.551. The highest BCUT2D eigenvalue weighted by atomic mass is 19.1. The molecular weight excluding hydrogens is 387 g/mol. The van der Waals surface area contributed by atoms with E-state index in [0.717, 1.165) is 5.56 Å². The molecule has 0 bridgehead atoms. The Kier molecular flexibility index (Phi) is 8.65. The van der Waals surface area contributed by atoms with Crippen molar-refractivity contribution in [2.75, 3.05) is 13.7 Å². The van der Waals surface area contributed by atoms with E-state index < -0.39 is 17.8 Å². The summed E-state index contributed by atoms with van der Waals surface area (Å²) in [6.45, 7) is 5.38. The van der Waals surface area contributed by atoms with Gasteiger partial charge in [0.15, 0.2) is 18.2 Å². The second-order valence-electron chi connectivity index (χ2n) is 7.18. The first-order valence-corrected chi connectivity index (χ1v) is 9.95. The lowest BCUT2D eigenvalue weighted by Crippen LogP contribution is -2.51. The van der Waals surface area contributed by atoms with E-state index in [-0.39, 0.29) is 30.9 Å². The molecule has 0 aliphatic rings. The lowest BCUT2D eigenvalue weighted by Gasteiger charge is -2.31. The Balaban J connectivity index is 2.24. The van der Waals surface area contributed by atoms with Gasteiger partial charge < -0.3 is 19.7 Å². The largest absolute Gasteiger partial charge is 0.497 e. The Morgan fingerprint density at radius 3 is 2.50 bits per heavy atom. The lowest BCUT2D eigenvalue weighted by atomic mass is 10.1. The van der Waals surface area contributed by atoms with Crippen molar-refractivity contribution >= 4 is 11.8 Å². The van der Waals surface area contributed by atoms with Crippen molar-refractivity contribution in [3.8, 4) is 11.5 Å². The van der Waals surface area contributed by atoms with Gasteiger partial charge >= 0.3 is 0 Å². The van der Waals surface area contributed by atoms with Crippen LogP contribution in [-0.4, -0.2) is 42.5 Å². The number of ether oxygens (including phenoxy) is 2. The predicted octanol–water partition coefficient (Wildman–Crippen LogP) is 3.55. The number of hydrogen-bond acceptors (Lipinski definition) is 4. The number of halogens is 1. The summed E-state index contributed by atoms with van der Waals surface area (Å²) in [5.41, 5.74) is 0.810. The van der Waals surface area contributed by atoms with Gasteiger partial charge in [-0.3, -0.25) is 9.59 Å². The van der Waals surface area contributed by atoms with Gasteiger partial charge in [0, 0.05) is 12.6 Å². The molecule has 1 atom stereocenters. The molecular formula is C23H29FN2O4. The summed E-state index contributed by atoms with van der Waals surface area (Å²) in [6, 6.07) is 12.4. The second-order valence-corrected chi connectivity index (χ2v) is 7.18. The zero-order chi connectivity index (χ0) is 22.1. The summed E-state index contributed by atoms with van der Waals surface area (Å²) in [4.78, 5) is 27.3. The van der Waals surface area contributed by atoms with Gasteiger partial charge in [-0.1, -0.05) is 31.2 Å². The molecule has 0 spiro atoms. The first kappa shape index (κ1) is 23.2. The van der Waals surface area contributed by atoms with E-state index in [9.17, 15) is 14.0 Å². The fourth-order valence-electron chi connectivity index (χ4n) is 3.05. The van der Waals surface area contributed by atoms with Gasteiger partial charge in [-0.15, -0.1) is 0 Å². The Morgan fingerprint density at radius 2 is 1.87 bits per heavy atom. The minimum atomic E-state index is -0.685. The van der Waals surface area contributed by atoms with Gasteiger partial charge in [-0.05, 0) is 50.1 Å². The van der Waals surface area contributed by atoms with E-state index in [2.05, 4.69) is 5.32 Å². The Morgan fingerprint density at radius 1 is 1.13 bits per heavy atom. The highest BCUT2D eigenvalue weighted by Crippen LogP contribution is 2.19. The highest BCUT2D eigenvalue weighted by Gasteiger charge is 2.29. The van der Waals surface area contributed by atoms with Crippen LogP contribution in [0.3, 0.4) is 0 Å². The van der Waals surface area contributed by atoms with Crippen LogP contribution in [-0.2, 0) is 16.1 Å². The quantitative estimate of drug-likeness (QED) is 0.643. The Labute approximate surface area is 177 Å². The van der Waals surface area contributed by atoms with Crippen molar-refractivity contribution in [2.24, 2.45) is 0 Å². The third-order valence-corrected chi connectivity index (χ3v) is 4.49. The smallest absolute Gasteiger partial charge is 0.261 e. The molecule has 1 unspecified atom stereocenters. The molecule has 1 N–H and O–H groups in total. The van der Waals surface area contributed by atoms with Gasteiger partial charge in [-0.2, -0.15) is 0 Å². The van der Waals surface area contributed by atoms with Crippen LogP contribution >= 0.6 is 0 Å². The van der Waals surface area contributed by atoms with Crippen LogP contribution in [0.5, 0.6) is 11.5 Å². The Bertz CT molecular complexity index is 857. The maximum absolute atomic E-state index is 13.8. The zero-order valence-corrected chi connectivity index (χ0v) is 17.9.